The Morgan fingerprint density at radius 2 is 2.22 bits per heavy atom. The Hall–Kier alpha value is 0.608. The summed E-state index contributed by atoms with van der Waals surface area (Å²) in [5.41, 5.74) is 0. The van der Waals surface area contributed by atoms with E-state index >= 15 is 0 Å². The van der Waals surface area contributed by atoms with Crippen LogP contribution in [0.5, 0.6) is 0 Å². The number of rotatable bonds is 3. The summed E-state index contributed by atoms with van der Waals surface area (Å²) in [6, 6.07) is 0. The second-order valence-corrected chi connectivity index (χ2v) is 7.50. The molecule has 0 aromatic heterocycles. The summed E-state index contributed by atoms with van der Waals surface area (Å²) in [4.78, 5) is 10.5. The summed E-state index contributed by atoms with van der Waals surface area (Å²) in [7, 11) is 10.6. The molecule has 0 radical (unpaired) electrons. The third-order valence-electron chi connectivity index (χ3n) is 0.568. The predicted molar refractivity (Wildman–Crippen MR) is 39.1 cm³/mol. The van der Waals surface area contributed by atoms with Gasteiger partial charge in [-0.05, 0) is 0 Å². The van der Waals surface area contributed by atoms with Crippen molar-refractivity contribution in [3.8, 4) is 0 Å². The van der Waals surface area contributed by atoms with Crippen molar-refractivity contribution in [2.45, 2.75) is 13.3 Å². The molecule has 0 saturated heterocycles. The minimum atomic E-state index is -2.27. The first kappa shape index (κ1) is 9.61. The van der Waals surface area contributed by atoms with Gasteiger partial charge in [-0.2, -0.15) is 0 Å². The molecule has 0 aromatic carbocycles. The van der Waals surface area contributed by atoms with Crippen molar-refractivity contribution in [2.24, 2.45) is 0 Å². The third kappa shape index (κ3) is 5.07. The molecule has 0 saturated carbocycles. The van der Waals surface area contributed by atoms with E-state index in [1.165, 1.54) is 0 Å². The topological polar surface area (TPSA) is 26.3 Å². The van der Waals surface area contributed by atoms with Crippen molar-refractivity contribution in [1.29, 1.82) is 0 Å². The second-order valence-electron chi connectivity index (χ2n) is 1.35. The number of carbonyl (C=O) groups excluding carboxylic acids is 1. The summed E-state index contributed by atoms with van der Waals surface area (Å²) < 4.78 is 4.19. The van der Waals surface area contributed by atoms with Gasteiger partial charge in [0.2, 0.25) is 0 Å². The van der Waals surface area contributed by atoms with Gasteiger partial charge < -0.3 is 0 Å². The van der Waals surface area contributed by atoms with Crippen LogP contribution in [0.3, 0.4) is 0 Å². The molecule has 0 aliphatic carbocycles. The fraction of sp³-hybridized carbons (Fsp3) is 0.750. The zero-order valence-corrected chi connectivity index (χ0v) is 8.32. The van der Waals surface area contributed by atoms with Crippen molar-refractivity contribution in [3.05, 3.63) is 0 Å². The van der Waals surface area contributed by atoms with Gasteiger partial charge in [-0.25, -0.2) is 0 Å². The van der Waals surface area contributed by atoms with Crippen LogP contribution in [0.4, 0.5) is 4.79 Å². The van der Waals surface area contributed by atoms with Gasteiger partial charge in [0.05, 0.1) is 0 Å². The molecule has 0 aliphatic heterocycles. The number of hydrogen-bond donors (Lipinski definition) is 0. The first-order chi connectivity index (χ1) is 4.18. The standard InChI is InChI=1S/C4H7AsCl2O2/c1-2-3-9-4(8)5(6)7/h2-3H2,1H3. The Morgan fingerprint density at radius 1 is 1.67 bits per heavy atom. The van der Waals surface area contributed by atoms with Gasteiger partial charge in [-0.15, -0.1) is 0 Å². The molecule has 0 heterocycles. The first-order valence-corrected chi connectivity index (χ1v) is 8.34. The Balaban J connectivity index is 3.28. The third-order valence-corrected chi connectivity index (χ3v) is 2.85. The van der Waals surface area contributed by atoms with Crippen molar-refractivity contribution in [3.63, 3.8) is 0 Å². The molecule has 0 spiro atoms. The SMILES string of the molecule is CCCOC(=O)[As](Cl)Cl. The fourth-order valence-corrected chi connectivity index (χ4v) is 1.14. The predicted octanol–water partition coefficient (Wildman–Crippen LogP) is 2.08. The number of carbonyl (C=O) groups is 1. The molecule has 0 atom stereocenters. The van der Waals surface area contributed by atoms with Crippen molar-refractivity contribution in [1.82, 2.24) is 0 Å². The average Bonchev–Trinajstić information content (AvgIpc) is 1.82. The Bertz CT molecular complexity index is 96.6. The first-order valence-electron chi connectivity index (χ1n) is 2.47. The second kappa shape index (κ2) is 5.40. The maximum absolute atomic E-state index is 10.5. The molecule has 0 bridgehead atoms. The molecule has 0 rings (SSSR count). The van der Waals surface area contributed by atoms with Gasteiger partial charge in [-0.3, -0.25) is 0 Å². The van der Waals surface area contributed by atoms with E-state index in [9.17, 15) is 4.79 Å². The van der Waals surface area contributed by atoms with Crippen LogP contribution in [-0.2, 0) is 4.74 Å². The summed E-state index contributed by atoms with van der Waals surface area (Å²) in [6.07, 6.45) is 0.807. The van der Waals surface area contributed by atoms with E-state index in [4.69, 9.17) is 19.9 Å². The van der Waals surface area contributed by atoms with Crippen LogP contribution in [-0.4, -0.2) is 24.1 Å². The van der Waals surface area contributed by atoms with Gasteiger partial charge in [0.15, 0.2) is 0 Å². The molecule has 9 heavy (non-hydrogen) atoms. The zero-order chi connectivity index (χ0) is 7.28. The quantitative estimate of drug-likeness (QED) is 0.697. The van der Waals surface area contributed by atoms with E-state index < -0.39 is 17.5 Å². The van der Waals surface area contributed by atoms with E-state index in [2.05, 4.69) is 4.74 Å². The molecule has 5 heteroatoms. The Kier molecular flexibility index (Phi) is 5.76. The van der Waals surface area contributed by atoms with E-state index in [0.29, 0.717) is 6.61 Å². The van der Waals surface area contributed by atoms with Crippen LogP contribution in [0.2, 0.25) is 0 Å². The van der Waals surface area contributed by atoms with Crippen LogP contribution in [0.1, 0.15) is 13.3 Å². The van der Waals surface area contributed by atoms with Gasteiger partial charge >= 0.3 is 66.9 Å². The minimum absolute atomic E-state index is 0.420. The fourth-order valence-electron chi connectivity index (χ4n) is 0.238. The Labute approximate surface area is 67.0 Å². The molecule has 0 unspecified atom stereocenters. The van der Waals surface area contributed by atoms with Crippen LogP contribution in [0, 0.1) is 0 Å². The van der Waals surface area contributed by atoms with Gasteiger partial charge in [-0.1, -0.05) is 0 Å². The zero-order valence-electron chi connectivity index (χ0n) is 4.93. The van der Waals surface area contributed by atoms with Gasteiger partial charge in [0, 0.05) is 0 Å². The summed E-state index contributed by atoms with van der Waals surface area (Å²) in [5.74, 6) is 0. The molecule has 0 N–H and O–H groups in total. The summed E-state index contributed by atoms with van der Waals surface area (Å²) >= 11 is -2.27. The maximum atomic E-state index is 10.5. The molecule has 0 aromatic rings. The van der Waals surface area contributed by atoms with E-state index in [0.717, 1.165) is 6.42 Å². The molecule has 54 valence electrons. The molecule has 0 amide bonds. The molecule has 2 nitrogen and oxygen atoms in total. The number of ether oxygens (including phenoxy) is 1. The Morgan fingerprint density at radius 3 is 2.56 bits per heavy atom. The van der Waals surface area contributed by atoms with E-state index in [1.807, 2.05) is 6.92 Å². The number of hydrogen-bond acceptors (Lipinski definition) is 2. The van der Waals surface area contributed by atoms with Gasteiger partial charge in [0.1, 0.15) is 0 Å². The average molecular weight is 233 g/mol. The molecular weight excluding hydrogens is 226 g/mol. The van der Waals surface area contributed by atoms with Crippen LogP contribution < -0.4 is 0 Å². The summed E-state index contributed by atoms with van der Waals surface area (Å²) in [5, 5.41) is 0. The van der Waals surface area contributed by atoms with Crippen LogP contribution in [0.15, 0.2) is 0 Å². The monoisotopic (exact) mass is 232 g/mol. The van der Waals surface area contributed by atoms with Gasteiger partial charge in [0.25, 0.3) is 0 Å². The normalized spacial score (nSPS) is 9.78. The van der Waals surface area contributed by atoms with Crippen molar-refractivity contribution >= 4 is 37.4 Å². The molecule has 0 aliphatic rings. The van der Waals surface area contributed by atoms with Crippen LogP contribution in [0.25, 0.3) is 0 Å². The number of halogens is 2. The van der Waals surface area contributed by atoms with Crippen molar-refractivity contribution in [2.75, 3.05) is 6.61 Å². The molecule has 0 fully saturated rings. The molecular formula is C4H7AsCl2O2. The van der Waals surface area contributed by atoms with Crippen molar-refractivity contribution < 1.29 is 9.53 Å². The van der Waals surface area contributed by atoms with Crippen LogP contribution >= 0.6 is 19.9 Å². The van der Waals surface area contributed by atoms with E-state index in [1.54, 1.807) is 0 Å². The summed E-state index contributed by atoms with van der Waals surface area (Å²) in [6.45, 7) is 2.33. The van der Waals surface area contributed by atoms with E-state index in [-0.39, 0.29) is 0 Å².